The number of thiazole rings is 1. The average Bonchev–Trinajstić information content (AvgIpc) is 3.08. The molecule has 3 aromatic rings. The van der Waals surface area contributed by atoms with Gasteiger partial charge in [0.25, 0.3) is 0 Å². The first-order valence-electron chi connectivity index (χ1n) is 7.90. The third-order valence-electron chi connectivity index (χ3n) is 3.89. The van der Waals surface area contributed by atoms with Crippen molar-refractivity contribution in [2.75, 3.05) is 11.9 Å². The van der Waals surface area contributed by atoms with E-state index >= 15 is 0 Å². The van der Waals surface area contributed by atoms with Crippen molar-refractivity contribution in [2.24, 2.45) is 0 Å². The summed E-state index contributed by atoms with van der Waals surface area (Å²) in [5.41, 5.74) is 4.91. The lowest BCUT2D eigenvalue weighted by atomic mass is 10.1. The van der Waals surface area contributed by atoms with Gasteiger partial charge in [-0.3, -0.25) is 0 Å². The Kier molecular flexibility index (Phi) is 5.09. The van der Waals surface area contributed by atoms with Crippen LogP contribution in [-0.4, -0.2) is 11.5 Å². The summed E-state index contributed by atoms with van der Waals surface area (Å²) in [7, 11) is 0. The quantitative estimate of drug-likeness (QED) is 0.739. The van der Waals surface area contributed by atoms with E-state index in [9.17, 15) is 10.5 Å². The molecule has 122 valence electrons. The van der Waals surface area contributed by atoms with E-state index in [-0.39, 0.29) is 0 Å². The molecule has 1 heterocycles. The van der Waals surface area contributed by atoms with E-state index < -0.39 is 0 Å². The number of hydrogen-bond acceptors (Lipinski definition) is 5. The van der Waals surface area contributed by atoms with Crippen molar-refractivity contribution in [1.29, 1.82) is 10.5 Å². The van der Waals surface area contributed by atoms with E-state index in [1.54, 1.807) is 29.5 Å². The van der Waals surface area contributed by atoms with Gasteiger partial charge in [-0.2, -0.15) is 10.5 Å². The van der Waals surface area contributed by atoms with Gasteiger partial charge in [0, 0.05) is 17.5 Å². The fraction of sp³-hybridized carbons (Fsp3) is 0.150. The predicted octanol–water partition coefficient (Wildman–Crippen LogP) is 4.52. The zero-order valence-electron chi connectivity index (χ0n) is 13.8. The van der Waals surface area contributed by atoms with Crippen LogP contribution >= 0.6 is 11.3 Å². The molecule has 5 heteroatoms. The van der Waals surface area contributed by atoms with Gasteiger partial charge in [0.15, 0.2) is 0 Å². The first kappa shape index (κ1) is 16.7. The molecule has 0 atom stereocenters. The van der Waals surface area contributed by atoms with Crippen LogP contribution in [0.2, 0.25) is 0 Å². The molecule has 1 N–H and O–H groups in total. The monoisotopic (exact) mass is 344 g/mol. The molecule has 2 aromatic carbocycles. The molecule has 0 radical (unpaired) electrons. The molecular formula is C20H16N4S. The predicted molar refractivity (Wildman–Crippen MR) is 100 cm³/mol. The highest BCUT2D eigenvalue weighted by Crippen LogP contribution is 2.22. The minimum Gasteiger partial charge on any atom is -0.383 e. The SMILES string of the molecule is Cc1nc(-c2ccc(CCNc3c(C#N)cccc3C#N)cc2)cs1. The summed E-state index contributed by atoms with van der Waals surface area (Å²) in [4.78, 5) is 4.50. The van der Waals surface area contributed by atoms with Crippen molar-refractivity contribution in [2.45, 2.75) is 13.3 Å². The molecular weight excluding hydrogens is 328 g/mol. The summed E-state index contributed by atoms with van der Waals surface area (Å²) in [6.07, 6.45) is 0.807. The second-order valence-electron chi connectivity index (χ2n) is 5.58. The smallest absolute Gasteiger partial charge is 0.101 e. The van der Waals surface area contributed by atoms with Crippen molar-refractivity contribution < 1.29 is 0 Å². The second kappa shape index (κ2) is 7.61. The van der Waals surface area contributed by atoms with Crippen LogP contribution in [0.3, 0.4) is 0 Å². The van der Waals surface area contributed by atoms with E-state index in [4.69, 9.17) is 0 Å². The first-order chi connectivity index (χ1) is 12.2. The Morgan fingerprint density at radius 2 is 1.72 bits per heavy atom. The maximum atomic E-state index is 9.19. The first-order valence-corrected chi connectivity index (χ1v) is 8.78. The lowest BCUT2D eigenvalue weighted by Crippen LogP contribution is -2.07. The summed E-state index contributed by atoms with van der Waals surface area (Å²) < 4.78 is 0. The van der Waals surface area contributed by atoms with Gasteiger partial charge in [0.2, 0.25) is 0 Å². The number of anilines is 1. The highest BCUT2D eigenvalue weighted by Gasteiger charge is 2.07. The normalized spacial score (nSPS) is 10.0. The highest BCUT2D eigenvalue weighted by molar-refractivity contribution is 7.09. The zero-order valence-corrected chi connectivity index (χ0v) is 14.6. The molecule has 0 saturated carbocycles. The van der Waals surface area contributed by atoms with Crippen molar-refractivity contribution in [3.63, 3.8) is 0 Å². The molecule has 4 nitrogen and oxygen atoms in total. The number of benzene rings is 2. The molecule has 0 unspecified atom stereocenters. The van der Waals surface area contributed by atoms with Gasteiger partial charge in [-0.1, -0.05) is 30.3 Å². The van der Waals surface area contributed by atoms with E-state index in [1.165, 1.54) is 5.56 Å². The topological polar surface area (TPSA) is 72.5 Å². The van der Waals surface area contributed by atoms with Crippen molar-refractivity contribution in [3.05, 3.63) is 69.5 Å². The summed E-state index contributed by atoms with van der Waals surface area (Å²) in [6, 6.07) is 17.7. The molecule has 0 spiro atoms. The Balaban J connectivity index is 1.65. The molecule has 0 aliphatic rings. The Bertz CT molecular complexity index is 926. The van der Waals surface area contributed by atoms with Gasteiger partial charge in [0.1, 0.15) is 12.1 Å². The van der Waals surface area contributed by atoms with Crippen LogP contribution in [0.4, 0.5) is 5.69 Å². The van der Waals surface area contributed by atoms with Crippen molar-refractivity contribution in [1.82, 2.24) is 4.98 Å². The number of aromatic nitrogens is 1. The summed E-state index contributed by atoms with van der Waals surface area (Å²) in [6.45, 7) is 2.66. The van der Waals surface area contributed by atoms with Gasteiger partial charge in [0.05, 0.1) is 27.5 Å². The number of nitriles is 2. The minimum absolute atomic E-state index is 0.494. The Hall–Kier alpha value is -3.15. The summed E-state index contributed by atoms with van der Waals surface area (Å²) in [5, 5.41) is 24.7. The molecule has 0 aliphatic carbocycles. The number of rotatable bonds is 5. The molecule has 25 heavy (non-hydrogen) atoms. The van der Waals surface area contributed by atoms with E-state index in [1.807, 2.05) is 6.92 Å². The van der Waals surface area contributed by atoms with Crippen LogP contribution in [0.15, 0.2) is 47.8 Å². The molecule has 0 fully saturated rings. The number of para-hydroxylation sites is 1. The minimum atomic E-state index is 0.494. The summed E-state index contributed by atoms with van der Waals surface area (Å²) in [5.74, 6) is 0. The number of aryl methyl sites for hydroxylation is 1. The molecule has 1 aromatic heterocycles. The van der Waals surface area contributed by atoms with Gasteiger partial charge in [-0.05, 0) is 31.0 Å². The molecule has 0 amide bonds. The summed E-state index contributed by atoms with van der Waals surface area (Å²) >= 11 is 1.65. The third-order valence-corrected chi connectivity index (χ3v) is 4.66. The largest absolute Gasteiger partial charge is 0.383 e. The fourth-order valence-electron chi connectivity index (χ4n) is 2.60. The van der Waals surface area contributed by atoms with Crippen LogP contribution in [0, 0.1) is 29.6 Å². The zero-order chi connectivity index (χ0) is 17.6. The lowest BCUT2D eigenvalue weighted by molar-refractivity contribution is 1.02. The van der Waals surface area contributed by atoms with Gasteiger partial charge in [-0.15, -0.1) is 11.3 Å². The highest BCUT2D eigenvalue weighted by atomic mass is 32.1. The Morgan fingerprint density at radius 3 is 2.28 bits per heavy atom. The standard InChI is InChI=1S/C20H16N4S/c1-14-24-19(13-25-14)16-7-5-15(6-8-16)9-10-23-20-17(11-21)3-2-4-18(20)12-22/h2-8,13,23H,9-10H2,1H3. The molecule has 0 saturated heterocycles. The molecule has 0 aliphatic heterocycles. The second-order valence-corrected chi connectivity index (χ2v) is 6.64. The average molecular weight is 344 g/mol. The number of nitrogens with zero attached hydrogens (tertiary/aromatic N) is 3. The van der Waals surface area contributed by atoms with Crippen LogP contribution < -0.4 is 5.32 Å². The lowest BCUT2D eigenvalue weighted by Gasteiger charge is -2.10. The number of hydrogen-bond donors (Lipinski definition) is 1. The van der Waals surface area contributed by atoms with Crippen LogP contribution in [0.5, 0.6) is 0 Å². The van der Waals surface area contributed by atoms with Crippen LogP contribution in [-0.2, 0) is 6.42 Å². The Morgan fingerprint density at radius 1 is 1.04 bits per heavy atom. The fourth-order valence-corrected chi connectivity index (χ4v) is 3.22. The van der Waals surface area contributed by atoms with Gasteiger partial charge >= 0.3 is 0 Å². The van der Waals surface area contributed by atoms with Crippen LogP contribution in [0.1, 0.15) is 21.7 Å². The Labute approximate surface area is 151 Å². The van der Waals surface area contributed by atoms with Crippen molar-refractivity contribution >= 4 is 17.0 Å². The van der Waals surface area contributed by atoms with E-state index in [0.29, 0.717) is 23.4 Å². The maximum absolute atomic E-state index is 9.19. The molecule has 3 rings (SSSR count). The van der Waals surface area contributed by atoms with E-state index in [2.05, 4.69) is 52.1 Å². The van der Waals surface area contributed by atoms with Gasteiger partial charge < -0.3 is 5.32 Å². The molecule has 0 bridgehead atoms. The van der Waals surface area contributed by atoms with E-state index in [0.717, 1.165) is 22.7 Å². The number of nitrogens with one attached hydrogen (secondary N) is 1. The maximum Gasteiger partial charge on any atom is 0.101 e. The third kappa shape index (κ3) is 3.85. The van der Waals surface area contributed by atoms with Crippen molar-refractivity contribution in [3.8, 4) is 23.4 Å². The van der Waals surface area contributed by atoms with Gasteiger partial charge in [-0.25, -0.2) is 4.98 Å². The van der Waals surface area contributed by atoms with Crippen LogP contribution in [0.25, 0.3) is 11.3 Å².